The highest BCUT2D eigenvalue weighted by atomic mass is 16.5. The van der Waals surface area contributed by atoms with Gasteiger partial charge in [0.2, 0.25) is 0 Å². The van der Waals surface area contributed by atoms with Gasteiger partial charge in [0, 0.05) is 18.2 Å². The summed E-state index contributed by atoms with van der Waals surface area (Å²) < 4.78 is 7.01. The topological polar surface area (TPSA) is 69.6 Å². The Hall–Kier alpha value is -2.66. The van der Waals surface area contributed by atoms with Crippen LogP contribution in [0.5, 0.6) is 0 Å². The van der Waals surface area contributed by atoms with E-state index < -0.39 is 12.0 Å². The molecule has 2 heterocycles. The predicted molar refractivity (Wildman–Crippen MR) is 93.7 cm³/mol. The van der Waals surface area contributed by atoms with Gasteiger partial charge >= 0.3 is 5.97 Å². The van der Waals surface area contributed by atoms with Crippen molar-refractivity contribution in [1.29, 1.82) is 0 Å². The van der Waals surface area contributed by atoms with Crippen LogP contribution in [0.25, 0.3) is 16.9 Å². The van der Waals surface area contributed by atoms with Crippen LogP contribution in [-0.2, 0) is 16.0 Å². The summed E-state index contributed by atoms with van der Waals surface area (Å²) in [6.07, 6.45) is 2.31. The van der Waals surface area contributed by atoms with Crippen LogP contribution in [0.2, 0.25) is 0 Å². The standard InChI is InChI=1S/C19H21N3O2/c1-3-24-19(23)15(20)12-16-18(14-9-7-13(2)8-10-14)21-17-6-4-5-11-22(16)17/h4-11,15H,3,12,20H2,1-2H3. The molecule has 0 aliphatic heterocycles. The molecule has 0 bridgehead atoms. The second-order valence-corrected chi connectivity index (χ2v) is 5.76. The molecule has 3 rings (SSSR count). The maximum atomic E-state index is 11.9. The normalized spacial score (nSPS) is 12.3. The van der Waals surface area contributed by atoms with Gasteiger partial charge in [-0.2, -0.15) is 0 Å². The van der Waals surface area contributed by atoms with E-state index >= 15 is 0 Å². The van der Waals surface area contributed by atoms with Crippen LogP contribution >= 0.6 is 0 Å². The number of rotatable bonds is 5. The van der Waals surface area contributed by atoms with Crippen molar-refractivity contribution in [1.82, 2.24) is 9.38 Å². The average Bonchev–Trinajstić information content (AvgIpc) is 2.94. The number of carbonyl (C=O) groups excluding carboxylic acids is 1. The fraction of sp³-hybridized carbons (Fsp3) is 0.263. The monoisotopic (exact) mass is 323 g/mol. The van der Waals surface area contributed by atoms with E-state index in [2.05, 4.69) is 12.1 Å². The van der Waals surface area contributed by atoms with Crippen molar-refractivity contribution >= 4 is 11.6 Å². The maximum Gasteiger partial charge on any atom is 0.323 e. The molecule has 2 N–H and O–H groups in total. The second kappa shape index (κ2) is 6.84. The average molecular weight is 323 g/mol. The van der Waals surface area contributed by atoms with Gasteiger partial charge < -0.3 is 14.9 Å². The number of esters is 1. The zero-order valence-corrected chi connectivity index (χ0v) is 13.9. The lowest BCUT2D eigenvalue weighted by molar-refractivity contribution is -0.144. The van der Waals surface area contributed by atoms with Gasteiger partial charge in [0.1, 0.15) is 11.7 Å². The first-order valence-electron chi connectivity index (χ1n) is 8.05. The number of aryl methyl sites for hydroxylation is 1. The molecule has 124 valence electrons. The molecule has 0 radical (unpaired) electrons. The highest BCUT2D eigenvalue weighted by Gasteiger charge is 2.21. The summed E-state index contributed by atoms with van der Waals surface area (Å²) in [5.74, 6) is -0.391. The van der Waals surface area contributed by atoms with E-state index in [0.29, 0.717) is 13.0 Å². The molecule has 0 amide bonds. The summed E-state index contributed by atoms with van der Waals surface area (Å²) in [7, 11) is 0. The molecular formula is C19H21N3O2. The quantitative estimate of drug-likeness (QED) is 0.733. The third kappa shape index (κ3) is 3.16. The summed E-state index contributed by atoms with van der Waals surface area (Å²) in [5.41, 5.74) is 10.8. The molecule has 1 atom stereocenters. The summed E-state index contributed by atoms with van der Waals surface area (Å²) in [6.45, 7) is 4.14. The van der Waals surface area contributed by atoms with Gasteiger partial charge in [0.25, 0.3) is 0 Å². The highest BCUT2D eigenvalue weighted by Crippen LogP contribution is 2.26. The van der Waals surface area contributed by atoms with Gasteiger partial charge in [0.15, 0.2) is 0 Å². The van der Waals surface area contributed by atoms with Gasteiger partial charge in [-0.15, -0.1) is 0 Å². The van der Waals surface area contributed by atoms with Crippen molar-refractivity contribution in [3.63, 3.8) is 0 Å². The van der Waals surface area contributed by atoms with E-state index in [1.54, 1.807) is 6.92 Å². The second-order valence-electron chi connectivity index (χ2n) is 5.76. The zero-order chi connectivity index (χ0) is 17.1. The van der Waals surface area contributed by atoms with E-state index in [4.69, 9.17) is 15.5 Å². The molecule has 2 aromatic heterocycles. The minimum absolute atomic E-state index is 0.324. The Morgan fingerprint density at radius 1 is 1.25 bits per heavy atom. The molecule has 0 fully saturated rings. The van der Waals surface area contributed by atoms with Crippen molar-refractivity contribution in [2.75, 3.05) is 6.61 Å². The number of imidazole rings is 1. The maximum absolute atomic E-state index is 11.9. The highest BCUT2D eigenvalue weighted by molar-refractivity contribution is 5.77. The van der Waals surface area contributed by atoms with Crippen molar-refractivity contribution in [2.45, 2.75) is 26.3 Å². The third-order valence-electron chi connectivity index (χ3n) is 3.96. The molecule has 0 spiro atoms. The van der Waals surface area contributed by atoms with Crippen LogP contribution in [0.1, 0.15) is 18.2 Å². The van der Waals surface area contributed by atoms with E-state index in [1.165, 1.54) is 5.56 Å². The Morgan fingerprint density at radius 2 is 2.00 bits per heavy atom. The fourth-order valence-electron chi connectivity index (χ4n) is 2.73. The van der Waals surface area contributed by atoms with Crippen LogP contribution in [0.4, 0.5) is 0 Å². The number of nitrogens with zero attached hydrogens (tertiary/aromatic N) is 2. The van der Waals surface area contributed by atoms with Gasteiger partial charge in [-0.1, -0.05) is 35.9 Å². The molecule has 0 aliphatic carbocycles. The first-order chi connectivity index (χ1) is 11.6. The van der Waals surface area contributed by atoms with Crippen LogP contribution in [0, 0.1) is 6.92 Å². The summed E-state index contributed by atoms with van der Waals surface area (Å²) in [5, 5.41) is 0. The van der Waals surface area contributed by atoms with Crippen LogP contribution in [-0.4, -0.2) is 28.0 Å². The molecule has 1 aromatic carbocycles. The smallest absolute Gasteiger partial charge is 0.323 e. The number of nitrogens with two attached hydrogens (primary N) is 1. The first kappa shape index (κ1) is 16.2. The van der Waals surface area contributed by atoms with Crippen molar-refractivity contribution in [3.05, 3.63) is 59.9 Å². The number of fused-ring (bicyclic) bond motifs is 1. The molecule has 0 saturated carbocycles. The van der Waals surface area contributed by atoms with E-state index in [-0.39, 0.29) is 0 Å². The van der Waals surface area contributed by atoms with Gasteiger partial charge in [-0.3, -0.25) is 4.79 Å². The number of pyridine rings is 1. The van der Waals surface area contributed by atoms with Crippen molar-refractivity contribution in [3.8, 4) is 11.3 Å². The minimum atomic E-state index is -0.714. The molecule has 0 aliphatic rings. The predicted octanol–water partition coefficient (Wildman–Crippen LogP) is 2.74. The van der Waals surface area contributed by atoms with Crippen molar-refractivity contribution < 1.29 is 9.53 Å². The zero-order valence-electron chi connectivity index (χ0n) is 13.9. The first-order valence-corrected chi connectivity index (χ1v) is 8.05. The molecule has 0 saturated heterocycles. The van der Waals surface area contributed by atoms with Gasteiger partial charge in [-0.05, 0) is 26.0 Å². The number of benzene rings is 1. The lowest BCUT2D eigenvalue weighted by Gasteiger charge is -2.12. The molecule has 5 heteroatoms. The van der Waals surface area contributed by atoms with Crippen molar-refractivity contribution in [2.24, 2.45) is 5.73 Å². The Bertz CT molecular complexity index is 853. The number of aromatic nitrogens is 2. The largest absolute Gasteiger partial charge is 0.465 e. The lowest BCUT2D eigenvalue weighted by atomic mass is 10.0. The molecule has 3 aromatic rings. The Balaban J connectivity index is 2.05. The van der Waals surface area contributed by atoms with Gasteiger partial charge in [0.05, 0.1) is 18.0 Å². The van der Waals surface area contributed by atoms with Crippen LogP contribution < -0.4 is 5.73 Å². The van der Waals surface area contributed by atoms with E-state index in [0.717, 1.165) is 22.6 Å². The minimum Gasteiger partial charge on any atom is -0.465 e. The van der Waals surface area contributed by atoms with E-state index in [9.17, 15) is 4.79 Å². The number of carbonyl (C=O) groups is 1. The SMILES string of the molecule is CCOC(=O)C(N)Cc1c(-c2ccc(C)cc2)nc2ccccn12. The van der Waals surface area contributed by atoms with E-state index in [1.807, 2.05) is 47.9 Å². The third-order valence-corrected chi connectivity index (χ3v) is 3.96. The summed E-state index contributed by atoms with van der Waals surface area (Å²) >= 11 is 0. The Kier molecular flexibility index (Phi) is 4.62. The summed E-state index contributed by atoms with van der Waals surface area (Å²) in [6, 6.07) is 13.3. The lowest BCUT2D eigenvalue weighted by Crippen LogP contribution is -2.34. The Morgan fingerprint density at radius 3 is 2.71 bits per heavy atom. The molecule has 24 heavy (non-hydrogen) atoms. The Labute approximate surface area is 141 Å². The number of hydrogen-bond acceptors (Lipinski definition) is 4. The van der Waals surface area contributed by atoms with Crippen LogP contribution in [0.15, 0.2) is 48.7 Å². The fourth-order valence-corrected chi connectivity index (χ4v) is 2.73. The summed E-state index contributed by atoms with van der Waals surface area (Å²) in [4.78, 5) is 16.6. The molecule has 1 unspecified atom stereocenters. The van der Waals surface area contributed by atoms with Gasteiger partial charge in [-0.25, -0.2) is 4.98 Å². The molecular weight excluding hydrogens is 302 g/mol. The van der Waals surface area contributed by atoms with Crippen LogP contribution in [0.3, 0.4) is 0 Å². The molecule has 5 nitrogen and oxygen atoms in total. The number of ether oxygens (including phenoxy) is 1. The number of hydrogen-bond donors (Lipinski definition) is 1.